The molecular formula is C9H13NO4S. The van der Waals surface area contributed by atoms with Crippen molar-refractivity contribution in [1.82, 2.24) is 5.16 Å². The molecule has 6 heteroatoms. The summed E-state index contributed by atoms with van der Waals surface area (Å²) in [6.07, 6.45) is 1.79. The van der Waals surface area contributed by atoms with Crippen LogP contribution in [0.1, 0.15) is 24.3 Å². The van der Waals surface area contributed by atoms with Crippen LogP contribution in [0.15, 0.2) is 10.6 Å². The number of aliphatic hydroxyl groups excluding tert-OH is 1. The number of aromatic nitrogens is 1. The van der Waals surface area contributed by atoms with Crippen molar-refractivity contribution in [2.24, 2.45) is 0 Å². The van der Waals surface area contributed by atoms with Gasteiger partial charge < -0.3 is 9.63 Å². The van der Waals surface area contributed by atoms with Crippen LogP contribution in [0.3, 0.4) is 0 Å². The van der Waals surface area contributed by atoms with Crippen molar-refractivity contribution in [2.75, 3.05) is 5.75 Å². The third kappa shape index (κ3) is 2.21. The normalized spacial score (nSPS) is 24.5. The molecule has 1 aromatic rings. The van der Waals surface area contributed by atoms with E-state index in [4.69, 9.17) is 9.63 Å². The topological polar surface area (TPSA) is 80.4 Å². The maximum Gasteiger partial charge on any atom is 0.153 e. The van der Waals surface area contributed by atoms with E-state index >= 15 is 0 Å². The van der Waals surface area contributed by atoms with Crippen LogP contribution in [0, 0.1) is 0 Å². The molecule has 0 saturated carbocycles. The van der Waals surface area contributed by atoms with Gasteiger partial charge in [-0.2, -0.15) is 0 Å². The van der Waals surface area contributed by atoms with Gasteiger partial charge in [0.25, 0.3) is 0 Å². The van der Waals surface area contributed by atoms with Gasteiger partial charge in [0.1, 0.15) is 11.5 Å². The molecule has 1 unspecified atom stereocenters. The molecule has 84 valence electrons. The molecule has 1 aliphatic rings. The molecule has 2 rings (SSSR count). The monoisotopic (exact) mass is 231 g/mol. The van der Waals surface area contributed by atoms with E-state index in [0.29, 0.717) is 24.3 Å². The molecule has 1 atom stereocenters. The van der Waals surface area contributed by atoms with E-state index in [0.717, 1.165) is 6.42 Å². The Bertz CT molecular complexity index is 437. The van der Waals surface area contributed by atoms with E-state index in [1.165, 1.54) is 0 Å². The molecule has 1 saturated heterocycles. The minimum absolute atomic E-state index is 0.180. The van der Waals surface area contributed by atoms with Crippen molar-refractivity contribution in [3.8, 4) is 0 Å². The molecule has 5 nitrogen and oxygen atoms in total. The highest BCUT2D eigenvalue weighted by molar-refractivity contribution is 7.92. The number of aliphatic hydroxyl groups is 1. The second-order valence-corrected chi connectivity index (χ2v) is 6.18. The van der Waals surface area contributed by atoms with E-state index < -0.39 is 9.84 Å². The van der Waals surface area contributed by atoms with Gasteiger partial charge in [0, 0.05) is 12.5 Å². The first kappa shape index (κ1) is 10.6. The molecule has 0 aromatic carbocycles. The maximum atomic E-state index is 11.5. The van der Waals surface area contributed by atoms with Gasteiger partial charge in [-0.05, 0) is 12.8 Å². The second kappa shape index (κ2) is 3.94. The summed E-state index contributed by atoms with van der Waals surface area (Å²) in [6, 6.07) is 1.60. The zero-order valence-electron chi connectivity index (χ0n) is 8.22. The molecule has 0 amide bonds. The fraction of sp³-hybridized carbons (Fsp3) is 0.667. The Morgan fingerprint density at radius 3 is 2.93 bits per heavy atom. The van der Waals surface area contributed by atoms with Gasteiger partial charge in [0.15, 0.2) is 9.84 Å². The minimum Gasteiger partial charge on any atom is -0.390 e. The standard InChI is InChI=1S/C9H13NO4S/c11-6-7-4-8(14-10-7)5-9-2-1-3-15(9,12)13/h4,9,11H,1-3,5-6H2. The predicted octanol–water partition coefficient (Wildman–Crippen LogP) is 0.287. The summed E-state index contributed by atoms with van der Waals surface area (Å²) >= 11 is 0. The number of rotatable bonds is 3. The zero-order valence-corrected chi connectivity index (χ0v) is 9.03. The largest absolute Gasteiger partial charge is 0.390 e. The summed E-state index contributed by atoms with van der Waals surface area (Å²) in [4.78, 5) is 0. The Morgan fingerprint density at radius 2 is 2.40 bits per heavy atom. The highest BCUT2D eigenvalue weighted by Gasteiger charge is 2.32. The zero-order chi connectivity index (χ0) is 10.9. The number of sulfone groups is 1. The van der Waals surface area contributed by atoms with Crippen molar-refractivity contribution in [1.29, 1.82) is 0 Å². The Hall–Kier alpha value is -0.880. The smallest absolute Gasteiger partial charge is 0.153 e. The summed E-state index contributed by atoms with van der Waals surface area (Å²) in [5, 5.41) is 12.0. The minimum atomic E-state index is -2.93. The first-order valence-electron chi connectivity index (χ1n) is 4.89. The Balaban J connectivity index is 2.09. The highest BCUT2D eigenvalue weighted by Crippen LogP contribution is 2.23. The van der Waals surface area contributed by atoms with Crippen molar-refractivity contribution >= 4 is 9.84 Å². The summed E-state index contributed by atoms with van der Waals surface area (Å²) in [5.41, 5.74) is 0.445. The average Bonchev–Trinajstić information content (AvgIpc) is 2.75. The number of hydrogen-bond acceptors (Lipinski definition) is 5. The first-order valence-corrected chi connectivity index (χ1v) is 6.60. The van der Waals surface area contributed by atoms with Crippen molar-refractivity contribution in [2.45, 2.75) is 31.1 Å². The van der Waals surface area contributed by atoms with Crippen molar-refractivity contribution in [3.05, 3.63) is 17.5 Å². The lowest BCUT2D eigenvalue weighted by molar-refractivity contribution is 0.265. The molecule has 0 bridgehead atoms. The second-order valence-electron chi connectivity index (χ2n) is 3.78. The molecule has 0 radical (unpaired) electrons. The number of hydrogen-bond donors (Lipinski definition) is 1. The SMILES string of the molecule is O=S1(=O)CCCC1Cc1cc(CO)no1. The summed E-state index contributed by atoms with van der Waals surface area (Å²) < 4.78 is 28.0. The van der Waals surface area contributed by atoms with Gasteiger partial charge in [0.05, 0.1) is 17.6 Å². The van der Waals surface area contributed by atoms with Crippen LogP contribution in [0.5, 0.6) is 0 Å². The molecular weight excluding hydrogens is 218 g/mol. The van der Waals surface area contributed by atoms with E-state index in [1.807, 2.05) is 0 Å². The fourth-order valence-corrected chi connectivity index (χ4v) is 3.68. The van der Waals surface area contributed by atoms with Crippen molar-refractivity contribution < 1.29 is 18.0 Å². The Morgan fingerprint density at radius 1 is 1.60 bits per heavy atom. The van der Waals surface area contributed by atoms with Crippen LogP contribution in [0.2, 0.25) is 0 Å². The molecule has 0 aliphatic carbocycles. The summed E-state index contributed by atoms with van der Waals surface area (Å²) in [5.74, 6) is 0.813. The average molecular weight is 231 g/mol. The Labute approximate surface area is 88.0 Å². The van der Waals surface area contributed by atoms with E-state index in [1.54, 1.807) is 6.07 Å². The van der Waals surface area contributed by atoms with Crippen molar-refractivity contribution in [3.63, 3.8) is 0 Å². The molecule has 1 aliphatic heterocycles. The van der Waals surface area contributed by atoms with Gasteiger partial charge in [-0.3, -0.25) is 0 Å². The van der Waals surface area contributed by atoms with Gasteiger partial charge in [0.2, 0.25) is 0 Å². The maximum absolute atomic E-state index is 11.5. The lowest BCUT2D eigenvalue weighted by Gasteiger charge is -2.04. The summed E-state index contributed by atoms with van der Waals surface area (Å²) in [6.45, 7) is -0.180. The Kier molecular flexibility index (Phi) is 2.79. The molecule has 15 heavy (non-hydrogen) atoms. The fourth-order valence-electron chi connectivity index (χ4n) is 1.84. The highest BCUT2D eigenvalue weighted by atomic mass is 32.2. The van der Waals surface area contributed by atoms with E-state index in [2.05, 4.69) is 5.16 Å². The quantitative estimate of drug-likeness (QED) is 0.808. The van der Waals surface area contributed by atoms with Gasteiger partial charge >= 0.3 is 0 Å². The van der Waals surface area contributed by atoms with Gasteiger partial charge in [-0.15, -0.1) is 0 Å². The number of nitrogens with zero attached hydrogens (tertiary/aromatic N) is 1. The lowest BCUT2D eigenvalue weighted by Crippen LogP contribution is -2.18. The molecule has 2 heterocycles. The van der Waals surface area contributed by atoms with Crippen LogP contribution in [0.25, 0.3) is 0 Å². The van der Waals surface area contributed by atoms with Gasteiger partial charge in [-0.1, -0.05) is 5.16 Å². The van der Waals surface area contributed by atoms with Crippen LogP contribution in [-0.4, -0.2) is 29.7 Å². The van der Waals surface area contributed by atoms with Crippen LogP contribution < -0.4 is 0 Å². The molecule has 0 spiro atoms. The third-order valence-electron chi connectivity index (χ3n) is 2.66. The lowest BCUT2D eigenvalue weighted by atomic mass is 10.1. The predicted molar refractivity (Wildman–Crippen MR) is 52.9 cm³/mol. The van der Waals surface area contributed by atoms with Crippen LogP contribution in [-0.2, 0) is 22.9 Å². The molecule has 1 fully saturated rings. The summed E-state index contributed by atoms with van der Waals surface area (Å²) in [7, 11) is -2.93. The molecule has 1 N–H and O–H groups in total. The van der Waals surface area contributed by atoms with Crippen LogP contribution >= 0.6 is 0 Å². The van der Waals surface area contributed by atoms with Gasteiger partial charge in [-0.25, -0.2) is 8.42 Å². The van der Waals surface area contributed by atoms with E-state index in [9.17, 15) is 8.42 Å². The first-order chi connectivity index (χ1) is 7.12. The van der Waals surface area contributed by atoms with E-state index in [-0.39, 0.29) is 17.6 Å². The third-order valence-corrected chi connectivity index (χ3v) is 4.94. The van der Waals surface area contributed by atoms with Crippen LogP contribution in [0.4, 0.5) is 0 Å². The molecule has 1 aromatic heterocycles.